The summed E-state index contributed by atoms with van der Waals surface area (Å²) >= 11 is 9.45. The van der Waals surface area contributed by atoms with Crippen LogP contribution in [0.25, 0.3) is 5.69 Å². The first-order chi connectivity index (χ1) is 16.3. The third-order valence-corrected chi connectivity index (χ3v) is 7.44. The molecule has 34 heavy (non-hydrogen) atoms. The van der Waals surface area contributed by atoms with Crippen molar-refractivity contribution in [2.75, 3.05) is 4.90 Å². The predicted octanol–water partition coefficient (Wildman–Crippen LogP) is 7.05. The number of thiocarbonyl (C=S) groups is 1. The maximum absolute atomic E-state index is 5.89. The van der Waals surface area contributed by atoms with Gasteiger partial charge in [-0.25, -0.2) is 0 Å². The van der Waals surface area contributed by atoms with Crippen LogP contribution in [0.2, 0.25) is 0 Å². The van der Waals surface area contributed by atoms with Crippen LogP contribution in [-0.2, 0) is 0 Å². The number of rotatable bonds is 4. The molecule has 5 rings (SSSR count). The maximum Gasteiger partial charge on any atom is 0.174 e. The van der Waals surface area contributed by atoms with Crippen LogP contribution in [0.15, 0.2) is 77.4 Å². The number of hydrogen-bond acceptors (Lipinski definition) is 2. The lowest BCUT2D eigenvalue weighted by Crippen LogP contribution is -2.29. The fraction of sp³-hybridized carbons (Fsp3) is 0.214. The summed E-state index contributed by atoms with van der Waals surface area (Å²) in [6.45, 7) is 8.70. The summed E-state index contributed by atoms with van der Waals surface area (Å²) in [5.41, 5.74) is 9.42. The Morgan fingerprint density at radius 3 is 2.41 bits per heavy atom. The number of pyridine rings is 1. The van der Waals surface area contributed by atoms with E-state index >= 15 is 0 Å². The lowest BCUT2D eigenvalue weighted by molar-refractivity contribution is 0.565. The Morgan fingerprint density at radius 2 is 1.71 bits per heavy atom. The molecule has 0 saturated carbocycles. The molecule has 2 atom stereocenters. The summed E-state index contributed by atoms with van der Waals surface area (Å²) in [5, 5.41) is 4.28. The van der Waals surface area contributed by atoms with E-state index < -0.39 is 0 Å². The molecule has 0 amide bonds. The molecule has 4 nitrogen and oxygen atoms in total. The molecule has 1 saturated heterocycles. The third kappa shape index (κ3) is 3.95. The van der Waals surface area contributed by atoms with Crippen LogP contribution in [0.1, 0.15) is 45.9 Å². The Labute approximate surface area is 214 Å². The molecule has 2 aromatic carbocycles. The largest absolute Gasteiger partial charge is 0.351 e. The highest BCUT2D eigenvalue weighted by molar-refractivity contribution is 9.10. The first-order valence-corrected chi connectivity index (χ1v) is 12.6. The van der Waals surface area contributed by atoms with Crippen molar-refractivity contribution in [1.29, 1.82) is 0 Å². The number of hydrogen-bond donors (Lipinski definition) is 1. The van der Waals surface area contributed by atoms with Crippen LogP contribution < -0.4 is 10.2 Å². The fourth-order valence-corrected chi connectivity index (χ4v) is 5.58. The lowest BCUT2D eigenvalue weighted by atomic mass is 9.96. The second-order valence-corrected chi connectivity index (χ2v) is 10.2. The number of nitrogens with one attached hydrogen (secondary N) is 1. The van der Waals surface area contributed by atoms with Gasteiger partial charge < -0.3 is 14.8 Å². The molecule has 1 N–H and O–H groups in total. The average Bonchev–Trinajstić information content (AvgIpc) is 3.32. The zero-order valence-corrected chi connectivity index (χ0v) is 22.1. The van der Waals surface area contributed by atoms with Gasteiger partial charge in [0.05, 0.1) is 17.8 Å². The van der Waals surface area contributed by atoms with E-state index in [4.69, 9.17) is 17.2 Å². The van der Waals surface area contributed by atoms with Crippen LogP contribution >= 0.6 is 28.1 Å². The van der Waals surface area contributed by atoms with Gasteiger partial charge in [-0.2, -0.15) is 0 Å². The molecule has 0 spiro atoms. The predicted molar refractivity (Wildman–Crippen MR) is 147 cm³/mol. The van der Waals surface area contributed by atoms with E-state index in [1.54, 1.807) is 0 Å². The summed E-state index contributed by atoms with van der Waals surface area (Å²) in [4.78, 5) is 6.93. The smallest absolute Gasteiger partial charge is 0.174 e. The number of anilines is 1. The molecule has 172 valence electrons. The summed E-state index contributed by atoms with van der Waals surface area (Å²) < 4.78 is 3.41. The van der Waals surface area contributed by atoms with Crippen molar-refractivity contribution in [3.63, 3.8) is 0 Å². The highest BCUT2D eigenvalue weighted by atomic mass is 79.9. The van der Waals surface area contributed by atoms with Crippen LogP contribution in [-0.4, -0.2) is 14.7 Å². The monoisotopic (exact) mass is 530 g/mol. The van der Waals surface area contributed by atoms with E-state index in [1.807, 2.05) is 18.3 Å². The fourth-order valence-electron chi connectivity index (χ4n) is 4.97. The SMILES string of the molecule is Cc1ccc(C)c(-n2c(C)cc([C@H]3[C@@H](c4ccccn4)NC(=S)N3c3ccc(Br)cc3)c2C)c1. The highest BCUT2D eigenvalue weighted by Crippen LogP contribution is 2.44. The molecule has 1 fully saturated rings. The molecule has 2 aromatic heterocycles. The molecule has 1 aliphatic heterocycles. The Bertz CT molecular complexity index is 1360. The van der Waals surface area contributed by atoms with Gasteiger partial charge in [-0.3, -0.25) is 4.98 Å². The molecule has 1 aliphatic rings. The number of halogens is 1. The quantitative estimate of drug-likeness (QED) is 0.286. The highest BCUT2D eigenvalue weighted by Gasteiger charge is 2.42. The standard InChI is InChI=1S/C28H27BrN4S/c1-17-8-9-18(2)25(15-17)32-19(3)16-23(20(32)4)27-26(24-7-5-6-14-30-24)31-28(34)33(27)22-12-10-21(29)11-13-22/h5-16,26-27H,1-4H3,(H,31,34)/t26-,27+/m1/s1. The Morgan fingerprint density at radius 1 is 0.941 bits per heavy atom. The second kappa shape index (κ2) is 9.01. The van der Waals surface area contributed by atoms with Crippen LogP contribution in [0.4, 0.5) is 5.69 Å². The molecule has 4 aromatic rings. The number of aryl methyl sites for hydroxylation is 3. The molecule has 0 radical (unpaired) electrons. The van der Waals surface area contributed by atoms with Gasteiger partial charge in [0.2, 0.25) is 0 Å². The summed E-state index contributed by atoms with van der Waals surface area (Å²) in [6, 6.07) is 23.2. The third-order valence-electron chi connectivity index (χ3n) is 6.60. The van der Waals surface area contributed by atoms with Gasteiger partial charge in [0, 0.05) is 33.4 Å². The maximum atomic E-state index is 5.89. The van der Waals surface area contributed by atoms with Gasteiger partial charge in [-0.05, 0) is 105 Å². The van der Waals surface area contributed by atoms with Crippen LogP contribution in [0, 0.1) is 27.7 Å². The van der Waals surface area contributed by atoms with Gasteiger partial charge in [0.15, 0.2) is 5.11 Å². The molecular weight excluding hydrogens is 504 g/mol. The molecular formula is C28H27BrN4S. The average molecular weight is 532 g/mol. The first kappa shape index (κ1) is 22.8. The van der Waals surface area contributed by atoms with E-state index in [0.717, 1.165) is 15.9 Å². The molecule has 3 heterocycles. The van der Waals surface area contributed by atoms with E-state index in [-0.39, 0.29) is 12.1 Å². The Kier molecular flexibility index (Phi) is 6.04. The van der Waals surface area contributed by atoms with E-state index in [2.05, 4.69) is 113 Å². The van der Waals surface area contributed by atoms with Crippen molar-refractivity contribution >= 4 is 38.9 Å². The first-order valence-electron chi connectivity index (χ1n) is 11.4. The molecule has 0 bridgehead atoms. The van der Waals surface area contributed by atoms with Crippen molar-refractivity contribution in [1.82, 2.24) is 14.9 Å². The summed E-state index contributed by atoms with van der Waals surface area (Å²) in [6.07, 6.45) is 1.85. The van der Waals surface area contributed by atoms with Crippen LogP contribution in [0.3, 0.4) is 0 Å². The van der Waals surface area contributed by atoms with Crippen molar-refractivity contribution in [2.45, 2.75) is 39.8 Å². The summed E-state index contributed by atoms with van der Waals surface area (Å²) in [5.74, 6) is 0. The van der Waals surface area contributed by atoms with Crippen molar-refractivity contribution in [3.05, 3.63) is 111 Å². The molecule has 0 aliphatic carbocycles. The second-order valence-electron chi connectivity index (χ2n) is 8.92. The molecule has 0 unspecified atom stereocenters. The number of nitrogens with zero attached hydrogens (tertiary/aromatic N) is 3. The van der Waals surface area contributed by atoms with Crippen LogP contribution in [0.5, 0.6) is 0 Å². The zero-order chi connectivity index (χ0) is 24.0. The normalized spacial score (nSPS) is 17.8. The minimum atomic E-state index is -0.0649. The number of aromatic nitrogens is 2. The zero-order valence-electron chi connectivity index (χ0n) is 19.7. The Hall–Kier alpha value is -2.96. The lowest BCUT2D eigenvalue weighted by Gasteiger charge is -2.28. The van der Waals surface area contributed by atoms with Gasteiger partial charge in [0.25, 0.3) is 0 Å². The van der Waals surface area contributed by atoms with E-state index in [9.17, 15) is 0 Å². The minimum Gasteiger partial charge on any atom is -0.351 e. The van der Waals surface area contributed by atoms with Gasteiger partial charge in [0.1, 0.15) is 0 Å². The van der Waals surface area contributed by atoms with Gasteiger partial charge in [-0.15, -0.1) is 0 Å². The van der Waals surface area contributed by atoms with Crippen molar-refractivity contribution < 1.29 is 0 Å². The van der Waals surface area contributed by atoms with Gasteiger partial charge in [-0.1, -0.05) is 34.1 Å². The molecule has 6 heteroatoms. The van der Waals surface area contributed by atoms with E-state index in [1.165, 1.54) is 33.8 Å². The Balaban J connectivity index is 1.70. The minimum absolute atomic E-state index is 0.0337. The van der Waals surface area contributed by atoms with Crippen molar-refractivity contribution in [3.8, 4) is 5.69 Å². The van der Waals surface area contributed by atoms with E-state index in [0.29, 0.717) is 5.11 Å². The topological polar surface area (TPSA) is 33.1 Å². The summed E-state index contributed by atoms with van der Waals surface area (Å²) in [7, 11) is 0. The van der Waals surface area contributed by atoms with Gasteiger partial charge >= 0.3 is 0 Å². The van der Waals surface area contributed by atoms with Crippen molar-refractivity contribution in [2.24, 2.45) is 0 Å². The number of benzene rings is 2.